The summed E-state index contributed by atoms with van der Waals surface area (Å²) in [5, 5.41) is 14.5. The first kappa shape index (κ1) is 20.3. The Bertz CT molecular complexity index is 1250. The molecule has 0 saturated carbocycles. The van der Waals surface area contributed by atoms with E-state index in [0.29, 0.717) is 5.16 Å². The van der Waals surface area contributed by atoms with Crippen LogP contribution in [0.1, 0.15) is 23.3 Å². The summed E-state index contributed by atoms with van der Waals surface area (Å²) in [6.07, 6.45) is 6.67. The zero-order valence-electron chi connectivity index (χ0n) is 16.1. The predicted molar refractivity (Wildman–Crippen MR) is 128 cm³/mol. The van der Waals surface area contributed by atoms with Gasteiger partial charge in [-0.15, -0.1) is 21.5 Å². The number of hydrogen-bond acceptors (Lipinski definition) is 7. The molecular weight excluding hydrogens is 502 g/mol. The number of hydrogen-bond donors (Lipinski definition) is 1. The van der Waals surface area contributed by atoms with Crippen molar-refractivity contribution in [3.63, 3.8) is 0 Å². The maximum atomic E-state index is 12.4. The number of halogens is 1. The predicted octanol–water partition coefficient (Wildman–Crippen LogP) is 5.43. The van der Waals surface area contributed by atoms with Crippen LogP contribution in [-0.4, -0.2) is 37.5 Å². The van der Waals surface area contributed by atoms with Crippen LogP contribution in [0, 0.1) is 0 Å². The first-order valence-corrected chi connectivity index (χ1v) is 13.4. The summed E-state index contributed by atoms with van der Waals surface area (Å²) < 4.78 is 2.98. The second-order valence-corrected chi connectivity index (χ2v) is 10.7. The summed E-state index contributed by atoms with van der Waals surface area (Å²) in [6, 6.07) is 7.53. The minimum atomic E-state index is -0.0771. The van der Waals surface area contributed by atoms with Gasteiger partial charge in [0.1, 0.15) is 4.83 Å². The maximum absolute atomic E-state index is 12.4. The standard InChI is InChI=1S/C20H18BrN5OS3/c1-28-19-23-18-16(13-4-2-3-5-14(13)30-18)17-24-25-20(26(17)19)29-10-15(27)22-12-8-6-11(21)7-9-12/h6-9H,2-5,10H2,1H3,(H,22,27). The van der Waals surface area contributed by atoms with Crippen molar-refractivity contribution in [3.05, 3.63) is 39.2 Å². The lowest BCUT2D eigenvalue weighted by molar-refractivity contribution is -0.113. The molecule has 0 bridgehead atoms. The summed E-state index contributed by atoms with van der Waals surface area (Å²) >= 11 is 8.15. The number of nitrogens with one attached hydrogen (secondary N) is 1. The molecule has 1 aliphatic rings. The van der Waals surface area contributed by atoms with E-state index in [9.17, 15) is 4.79 Å². The highest BCUT2D eigenvalue weighted by atomic mass is 79.9. The Labute approximate surface area is 194 Å². The third-order valence-electron chi connectivity index (χ3n) is 5.04. The molecule has 0 saturated heterocycles. The average molecular weight is 521 g/mol. The number of aromatic nitrogens is 4. The molecule has 154 valence electrons. The van der Waals surface area contributed by atoms with Gasteiger partial charge in [-0.05, 0) is 61.8 Å². The number of rotatable bonds is 5. The van der Waals surface area contributed by atoms with Crippen molar-refractivity contribution in [2.75, 3.05) is 17.3 Å². The van der Waals surface area contributed by atoms with Crippen LogP contribution in [0.2, 0.25) is 0 Å². The smallest absolute Gasteiger partial charge is 0.234 e. The lowest BCUT2D eigenvalue weighted by atomic mass is 9.97. The van der Waals surface area contributed by atoms with Crippen LogP contribution in [0.25, 0.3) is 15.9 Å². The molecule has 5 rings (SSSR count). The van der Waals surface area contributed by atoms with Crippen molar-refractivity contribution >= 4 is 78.2 Å². The van der Waals surface area contributed by atoms with Gasteiger partial charge in [0.15, 0.2) is 16.0 Å². The molecule has 0 atom stereocenters. The molecule has 1 amide bonds. The van der Waals surface area contributed by atoms with E-state index in [0.717, 1.165) is 44.0 Å². The molecule has 1 aromatic carbocycles. The highest BCUT2D eigenvalue weighted by Gasteiger charge is 2.23. The molecular formula is C20H18BrN5OS3. The fourth-order valence-corrected chi connectivity index (χ4v) is 6.60. The van der Waals surface area contributed by atoms with Crippen LogP contribution in [-0.2, 0) is 17.6 Å². The molecule has 1 aliphatic carbocycles. The quantitative estimate of drug-likeness (QED) is 0.279. The Kier molecular flexibility index (Phi) is 5.74. The third-order valence-corrected chi connectivity index (χ3v) is 8.32. The van der Waals surface area contributed by atoms with Gasteiger partial charge in [-0.2, -0.15) is 0 Å². The van der Waals surface area contributed by atoms with Crippen molar-refractivity contribution in [1.29, 1.82) is 0 Å². The molecule has 0 spiro atoms. The van der Waals surface area contributed by atoms with Crippen molar-refractivity contribution < 1.29 is 4.79 Å². The molecule has 0 radical (unpaired) electrons. The van der Waals surface area contributed by atoms with Crippen molar-refractivity contribution in [2.24, 2.45) is 0 Å². The minimum absolute atomic E-state index is 0.0771. The number of aryl methyl sites for hydroxylation is 2. The van der Waals surface area contributed by atoms with Gasteiger partial charge < -0.3 is 5.32 Å². The van der Waals surface area contributed by atoms with Gasteiger partial charge in [0.25, 0.3) is 0 Å². The number of benzene rings is 1. The summed E-state index contributed by atoms with van der Waals surface area (Å²) in [5.74, 6) is 0.177. The van der Waals surface area contributed by atoms with Crippen LogP contribution in [0.5, 0.6) is 0 Å². The van der Waals surface area contributed by atoms with E-state index in [4.69, 9.17) is 4.98 Å². The van der Waals surface area contributed by atoms with Gasteiger partial charge in [-0.3, -0.25) is 4.79 Å². The molecule has 10 heteroatoms. The van der Waals surface area contributed by atoms with Crippen LogP contribution < -0.4 is 5.32 Å². The Balaban J connectivity index is 1.44. The summed E-state index contributed by atoms with van der Waals surface area (Å²) in [4.78, 5) is 19.8. The van der Waals surface area contributed by atoms with E-state index in [2.05, 4.69) is 31.4 Å². The van der Waals surface area contributed by atoms with Gasteiger partial charge >= 0.3 is 0 Å². The van der Waals surface area contributed by atoms with E-state index < -0.39 is 0 Å². The Hall–Kier alpha value is -1.62. The fourth-order valence-electron chi connectivity index (χ4n) is 3.69. The number of amides is 1. The Morgan fingerprint density at radius 2 is 2.00 bits per heavy atom. The van der Waals surface area contributed by atoms with E-state index >= 15 is 0 Å². The molecule has 0 unspecified atom stereocenters. The SMILES string of the molecule is CSc1nc2sc3c(c2c2nnc(SCC(=O)Nc4ccc(Br)cc4)n12)CCCC3. The lowest BCUT2D eigenvalue weighted by Gasteiger charge is -2.10. The molecule has 3 aromatic heterocycles. The van der Waals surface area contributed by atoms with Gasteiger partial charge in [-0.25, -0.2) is 9.38 Å². The topological polar surface area (TPSA) is 72.2 Å². The number of fused-ring (bicyclic) bond motifs is 5. The van der Waals surface area contributed by atoms with Gasteiger partial charge in [0, 0.05) is 15.0 Å². The largest absolute Gasteiger partial charge is 0.325 e. The van der Waals surface area contributed by atoms with E-state index in [1.165, 1.54) is 35.0 Å². The number of thioether (sulfide) groups is 2. The number of nitrogens with zero attached hydrogens (tertiary/aromatic N) is 4. The summed E-state index contributed by atoms with van der Waals surface area (Å²) in [7, 11) is 0. The highest BCUT2D eigenvalue weighted by Crippen LogP contribution is 2.39. The number of thiophene rings is 1. The highest BCUT2D eigenvalue weighted by molar-refractivity contribution is 9.10. The first-order valence-electron chi connectivity index (χ1n) is 9.55. The molecule has 1 N–H and O–H groups in total. The molecule has 0 aliphatic heterocycles. The van der Waals surface area contributed by atoms with E-state index in [-0.39, 0.29) is 11.7 Å². The van der Waals surface area contributed by atoms with Gasteiger partial charge in [0.2, 0.25) is 5.91 Å². The summed E-state index contributed by atoms with van der Waals surface area (Å²) in [5.41, 5.74) is 3.02. The lowest BCUT2D eigenvalue weighted by Crippen LogP contribution is -2.14. The number of carbonyl (C=O) groups is 1. The van der Waals surface area contributed by atoms with Crippen molar-refractivity contribution in [3.8, 4) is 0 Å². The Morgan fingerprint density at radius 3 is 2.80 bits per heavy atom. The minimum Gasteiger partial charge on any atom is -0.325 e. The summed E-state index contributed by atoms with van der Waals surface area (Å²) in [6.45, 7) is 0. The van der Waals surface area contributed by atoms with Crippen LogP contribution in [0.15, 0.2) is 39.1 Å². The normalized spacial score (nSPS) is 13.7. The Morgan fingerprint density at radius 1 is 1.20 bits per heavy atom. The second kappa shape index (κ2) is 8.49. The molecule has 4 aromatic rings. The zero-order chi connectivity index (χ0) is 20.7. The van der Waals surface area contributed by atoms with Gasteiger partial charge in [-0.1, -0.05) is 39.5 Å². The number of carbonyl (C=O) groups excluding carboxylic acids is 1. The van der Waals surface area contributed by atoms with Gasteiger partial charge in [0.05, 0.1) is 11.1 Å². The number of anilines is 1. The van der Waals surface area contributed by atoms with Crippen LogP contribution in [0.3, 0.4) is 0 Å². The van der Waals surface area contributed by atoms with Crippen molar-refractivity contribution in [1.82, 2.24) is 19.6 Å². The molecule has 30 heavy (non-hydrogen) atoms. The fraction of sp³-hybridized carbons (Fsp3) is 0.300. The zero-order valence-corrected chi connectivity index (χ0v) is 20.2. The molecule has 6 nitrogen and oxygen atoms in total. The van der Waals surface area contributed by atoms with Crippen LogP contribution >= 0.6 is 50.8 Å². The van der Waals surface area contributed by atoms with E-state index in [1.807, 2.05) is 34.9 Å². The van der Waals surface area contributed by atoms with E-state index in [1.54, 1.807) is 23.1 Å². The first-order chi connectivity index (χ1) is 14.6. The maximum Gasteiger partial charge on any atom is 0.234 e. The monoisotopic (exact) mass is 519 g/mol. The second-order valence-electron chi connectivity index (χ2n) is 6.97. The van der Waals surface area contributed by atoms with Crippen molar-refractivity contribution in [2.45, 2.75) is 36.0 Å². The third kappa shape index (κ3) is 3.74. The molecule has 0 fully saturated rings. The average Bonchev–Trinajstić information content (AvgIpc) is 3.34. The van der Waals surface area contributed by atoms with Crippen LogP contribution in [0.4, 0.5) is 5.69 Å². The molecule has 3 heterocycles.